The van der Waals surface area contributed by atoms with Crippen LogP contribution in [0, 0.1) is 5.92 Å². The summed E-state index contributed by atoms with van der Waals surface area (Å²) < 4.78 is 30.0. The van der Waals surface area contributed by atoms with Gasteiger partial charge in [0.25, 0.3) is 5.91 Å². The van der Waals surface area contributed by atoms with E-state index in [9.17, 15) is 13.2 Å². The summed E-state index contributed by atoms with van der Waals surface area (Å²) in [6, 6.07) is 12.3. The monoisotopic (exact) mass is 448 g/mol. The number of hydrogen-bond acceptors (Lipinski definition) is 3. The van der Waals surface area contributed by atoms with Crippen LogP contribution in [-0.4, -0.2) is 20.9 Å². The zero-order valence-electron chi connectivity index (χ0n) is 14.7. The average molecular weight is 449 g/mol. The first-order valence-corrected chi connectivity index (χ1v) is 11.4. The highest BCUT2D eigenvalue weighted by Gasteiger charge is 2.32. The van der Waals surface area contributed by atoms with Crippen molar-refractivity contribution in [3.63, 3.8) is 0 Å². The van der Waals surface area contributed by atoms with Crippen molar-refractivity contribution in [1.29, 1.82) is 0 Å². The Morgan fingerprint density at radius 1 is 1.11 bits per heavy atom. The predicted molar refractivity (Wildman–Crippen MR) is 107 cm³/mol. The zero-order chi connectivity index (χ0) is 19.0. The van der Waals surface area contributed by atoms with E-state index in [4.69, 9.17) is 0 Å². The molecule has 1 aliphatic heterocycles. The van der Waals surface area contributed by atoms with Gasteiger partial charge in [0.1, 0.15) is 0 Å². The summed E-state index contributed by atoms with van der Waals surface area (Å²) in [5, 5.41) is 2.77. The summed E-state index contributed by atoms with van der Waals surface area (Å²) in [6.45, 7) is 0.587. The summed E-state index contributed by atoms with van der Waals surface area (Å²) in [5.41, 5.74) is 2.30. The van der Waals surface area contributed by atoms with Crippen molar-refractivity contribution < 1.29 is 13.2 Å². The van der Waals surface area contributed by atoms with E-state index in [0.29, 0.717) is 18.0 Å². The second kappa shape index (κ2) is 7.37. The molecule has 7 heteroatoms. The van der Waals surface area contributed by atoms with Crippen LogP contribution in [0.5, 0.6) is 0 Å². The molecule has 2 aliphatic rings. The van der Waals surface area contributed by atoms with Crippen LogP contribution >= 0.6 is 15.9 Å². The number of carbonyl (C=O) groups is 1. The Hall–Kier alpha value is -1.70. The standard InChI is InChI=1S/C20H21BrN2O3S/c21-16-7-4-15(5-8-16)19(14-2-1-3-14)23-27(25,26)17-9-6-13-10-11-22-20(24)18(13)12-17/h4-9,12,14,19,23H,1-3,10-11H2,(H,22,24). The fourth-order valence-electron chi connectivity index (χ4n) is 3.67. The molecule has 5 nitrogen and oxygen atoms in total. The zero-order valence-corrected chi connectivity index (χ0v) is 17.1. The highest BCUT2D eigenvalue weighted by molar-refractivity contribution is 9.10. The molecule has 0 bridgehead atoms. The third kappa shape index (κ3) is 3.81. The van der Waals surface area contributed by atoms with Gasteiger partial charge >= 0.3 is 0 Å². The SMILES string of the molecule is O=C1NCCc2ccc(S(=O)(=O)NC(c3ccc(Br)cc3)C3CCC3)cc21. The Balaban J connectivity index is 1.65. The van der Waals surface area contributed by atoms with Crippen molar-refractivity contribution in [2.45, 2.75) is 36.6 Å². The fourth-order valence-corrected chi connectivity index (χ4v) is 5.26. The number of amides is 1. The summed E-state index contributed by atoms with van der Waals surface area (Å²) in [7, 11) is -3.74. The Bertz CT molecular complexity index is 969. The van der Waals surface area contributed by atoms with Gasteiger partial charge in [0.15, 0.2) is 0 Å². The number of sulfonamides is 1. The first-order chi connectivity index (χ1) is 12.9. The highest BCUT2D eigenvalue weighted by atomic mass is 79.9. The molecule has 1 unspecified atom stereocenters. The van der Waals surface area contributed by atoms with Gasteiger partial charge in [-0.25, -0.2) is 13.1 Å². The lowest BCUT2D eigenvalue weighted by molar-refractivity contribution is 0.0945. The predicted octanol–water partition coefficient (Wildman–Crippen LogP) is 3.55. The minimum absolute atomic E-state index is 0.139. The summed E-state index contributed by atoms with van der Waals surface area (Å²) in [4.78, 5) is 12.2. The topological polar surface area (TPSA) is 75.3 Å². The van der Waals surface area contributed by atoms with Crippen LogP contribution in [0.25, 0.3) is 0 Å². The molecule has 142 valence electrons. The van der Waals surface area contributed by atoms with Gasteiger partial charge < -0.3 is 5.32 Å². The van der Waals surface area contributed by atoms with E-state index in [2.05, 4.69) is 26.0 Å². The number of benzene rings is 2. The fraction of sp³-hybridized carbons (Fsp3) is 0.350. The molecule has 2 N–H and O–H groups in total. The van der Waals surface area contributed by atoms with E-state index >= 15 is 0 Å². The van der Waals surface area contributed by atoms with E-state index in [1.54, 1.807) is 12.1 Å². The lowest BCUT2D eigenvalue weighted by Gasteiger charge is -2.34. The minimum atomic E-state index is -3.74. The second-order valence-electron chi connectivity index (χ2n) is 7.17. The number of rotatable bonds is 5. The molecular weight excluding hydrogens is 428 g/mol. The van der Waals surface area contributed by atoms with Gasteiger partial charge in [-0.1, -0.05) is 40.5 Å². The van der Waals surface area contributed by atoms with Crippen molar-refractivity contribution in [3.05, 3.63) is 63.6 Å². The van der Waals surface area contributed by atoms with Crippen LogP contribution < -0.4 is 10.0 Å². The number of carbonyl (C=O) groups excluding carboxylic acids is 1. The Morgan fingerprint density at radius 2 is 1.85 bits per heavy atom. The second-order valence-corrected chi connectivity index (χ2v) is 9.80. The van der Waals surface area contributed by atoms with Gasteiger partial charge in [0.2, 0.25) is 10.0 Å². The van der Waals surface area contributed by atoms with Crippen molar-refractivity contribution >= 4 is 31.9 Å². The number of halogens is 1. The van der Waals surface area contributed by atoms with Gasteiger partial charge in [-0.3, -0.25) is 4.79 Å². The van der Waals surface area contributed by atoms with Crippen molar-refractivity contribution in [2.75, 3.05) is 6.54 Å². The van der Waals surface area contributed by atoms with Gasteiger partial charge in [-0.05, 0) is 60.6 Å². The molecule has 4 rings (SSSR count). The molecule has 0 saturated heterocycles. The number of nitrogens with one attached hydrogen (secondary N) is 2. The molecule has 1 saturated carbocycles. The van der Waals surface area contributed by atoms with Gasteiger partial charge in [0, 0.05) is 22.6 Å². The summed E-state index contributed by atoms with van der Waals surface area (Å²) in [5.74, 6) is 0.0821. The largest absolute Gasteiger partial charge is 0.352 e. The third-order valence-corrected chi connectivity index (χ3v) is 7.42. The van der Waals surface area contributed by atoms with E-state index in [1.807, 2.05) is 24.3 Å². The number of hydrogen-bond donors (Lipinski definition) is 2. The molecule has 0 aromatic heterocycles. The molecule has 27 heavy (non-hydrogen) atoms. The first kappa shape index (κ1) is 18.7. The normalized spacial score (nSPS) is 18.3. The van der Waals surface area contributed by atoms with E-state index in [-0.39, 0.29) is 16.8 Å². The van der Waals surface area contributed by atoms with Crippen LogP contribution in [0.3, 0.4) is 0 Å². The lowest BCUT2D eigenvalue weighted by atomic mass is 9.77. The van der Waals surface area contributed by atoms with Crippen LogP contribution in [0.4, 0.5) is 0 Å². The van der Waals surface area contributed by atoms with Gasteiger partial charge in [-0.15, -0.1) is 0 Å². The molecule has 1 aliphatic carbocycles. The third-order valence-electron chi connectivity index (χ3n) is 5.45. The molecular formula is C20H21BrN2O3S. The van der Waals surface area contributed by atoms with Gasteiger partial charge in [-0.2, -0.15) is 0 Å². The van der Waals surface area contributed by atoms with Crippen LogP contribution in [0.15, 0.2) is 51.8 Å². The highest BCUT2D eigenvalue weighted by Crippen LogP contribution is 2.39. The minimum Gasteiger partial charge on any atom is -0.352 e. The Labute approximate surface area is 167 Å². The summed E-state index contributed by atoms with van der Waals surface area (Å²) >= 11 is 3.42. The Kier molecular flexibility index (Phi) is 5.09. The van der Waals surface area contributed by atoms with Gasteiger partial charge in [0.05, 0.1) is 4.90 Å². The van der Waals surface area contributed by atoms with E-state index < -0.39 is 10.0 Å². The molecule has 1 amide bonds. The number of fused-ring (bicyclic) bond motifs is 1. The van der Waals surface area contributed by atoms with Crippen molar-refractivity contribution in [1.82, 2.24) is 10.0 Å². The molecule has 1 heterocycles. The van der Waals surface area contributed by atoms with Crippen molar-refractivity contribution in [3.8, 4) is 0 Å². The maximum atomic E-state index is 13.1. The summed E-state index contributed by atoms with van der Waals surface area (Å²) in [6.07, 6.45) is 3.86. The molecule has 1 fully saturated rings. The van der Waals surface area contributed by atoms with E-state index in [1.165, 1.54) is 6.07 Å². The van der Waals surface area contributed by atoms with Crippen LogP contribution in [0.1, 0.15) is 46.8 Å². The quantitative estimate of drug-likeness (QED) is 0.733. The molecule has 2 aromatic rings. The van der Waals surface area contributed by atoms with E-state index in [0.717, 1.165) is 41.3 Å². The Morgan fingerprint density at radius 3 is 2.52 bits per heavy atom. The molecule has 1 atom stereocenters. The maximum absolute atomic E-state index is 13.1. The smallest absolute Gasteiger partial charge is 0.251 e. The first-order valence-electron chi connectivity index (χ1n) is 9.13. The molecule has 0 spiro atoms. The van der Waals surface area contributed by atoms with Crippen LogP contribution in [0.2, 0.25) is 0 Å². The lowest BCUT2D eigenvalue weighted by Crippen LogP contribution is -2.36. The molecule has 0 radical (unpaired) electrons. The molecule has 2 aromatic carbocycles. The van der Waals surface area contributed by atoms with Crippen LogP contribution in [-0.2, 0) is 16.4 Å². The maximum Gasteiger partial charge on any atom is 0.251 e. The van der Waals surface area contributed by atoms with Crippen molar-refractivity contribution in [2.24, 2.45) is 5.92 Å². The average Bonchev–Trinajstić information content (AvgIpc) is 2.60.